The second-order valence-corrected chi connectivity index (χ2v) is 7.18. The molecule has 0 aliphatic carbocycles. The fraction of sp³-hybridized carbons (Fsp3) is 0.786. The van der Waals surface area contributed by atoms with E-state index in [0.29, 0.717) is 25.9 Å². The number of piperidine rings is 1. The van der Waals surface area contributed by atoms with Crippen molar-refractivity contribution < 1.29 is 13.2 Å². The van der Waals surface area contributed by atoms with Gasteiger partial charge in [0.1, 0.15) is 0 Å². The Balaban J connectivity index is 2.36. The van der Waals surface area contributed by atoms with Crippen molar-refractivity contribution in [1.29, 1.82) is 0 Å². The molecule has 0 spiro atoms. The average molecular weight is 302 g/mol. The highest BCUT2D eigenvalue weighted by atomic mass is 32.2. The van der Waals surface area contributed by atoms with Gasteiger partial charge in [0.2, 0.25) is 15.9 Å². The number of rotatable bonds is 7. The molecule has 6 heteroatoms. The van der Waals surface area contributed by atoms with Crippen LogP contribution in [0, 0.1) is 0 Å². The summed E-state index contributed by atoms with van der Waals surface area (Å²) in [5.41, 5.74) is 0. The summed E-state index contributed by atoms with van der Waals surface area (Å²) in [6.45, 7) is 3.17. The molecule has 1 N–H and O–H groups in total. The fourth-order valence-electron chi connectivity index (χ4n) is 2.51. The van der Waals surface area contributed by atoms with E-state index in [2.05, 4.69) is 5.32 Å². The van der Waals surface area contributed by atoms with Crippen molar-refractivity contribution in [1.82, 2.24) is 9.62 Å². The standard InChI is InChI=1S/C14H26N2O3S/c1-3-4-5-9-14(17)15-11-10-13-8-6-7-12-16(13)20(2,18)19/h4-5,13H,3,6-12H2,1-2H3,(H,15,17)/b5-4+. The molecule has 1 atom stereocenters. The minimum absolute atomic E-state index is 0.00332. The lowest BCUT2D eigenvalue weighted by Crippen LogP contribution is -2.44. The van der Waals surface area contributed by atoms with Crippen LogP contribution in [0.4, 0.5) is 0 Å². The summed E-state index contributed by atoms with van der Waals surface area (Å²) in [5, 5.41) is 2.85. The van der Waals surface area contributed by atoms with Gasteiger partial charge < -0.3 is 5.32 Å². The third-order valence-electron chi connectivity index (χ3n) is 3.50. The number of carbonyl (C=O) groups is 1. The summed E-state index contributed by atoms with van der Waals surface area (Å²) in [5.74, 6) is -0.00332. The lowest BCUT2D eigenvalue weighted by Gasteiger charge is -2.33. The highest BCUT2D eigenvalue weighted by molar-refractivity contribution is 7.88. The summed E-state index contributed by atoms with van der Waals surface area (Å²) >= 11 is 0. The summed E-state index contributed by atoms with van der Waals surface area (Å²) in [4.78, 5) is 11.5. The second-order valence-electron chi connectivity index (χ2n) is 5.25. The van der Waals surface area contributed by atoms with Crippen molar-refractivity contribution >= 4 is 15.9 Å². The first kappa shape index (κ1) is 17.2. The molecule has 1 aliphatic rings. The van der Waals surface area contributed by atoms with Crippen LogP contribution in [-0.2, 0) is 14.8 Å². The van der Waals surface area contributed by atoms with Crippen LogP contribution in [0.25, 0.3) is 0 Å². The zero-order valence-corrected chi connectivity index (χ0v) is 13.3. The van der Waals surface area contributed by atoms with E-state index in [-0.39, 0.29) is 11.9 Å². The van der Waals surface area contributed by atoms with Crippen LogP contribution in [0.5, 0.6) is 0 Å². The molecule has 1 amide bonds. The maximum absolute atomic E-state index is 11.7. The van der Waals surface area contributed by atoms with Crippen LogP contribution >= 0.6 is 0 Å². The molecule has 0 aromatic heterocycles. The topological polar surface area (TPSA) is 66.5 Å². The zero-order chi connectivity index (χ0) is 15.0. The lowest BCUT2D eigenvalue weighted by molar-refractivity contribution is -0.120. The van der Waals surface area contributed by atoms with Crippen LogP contribution in [0.15, 0.2) is 12.2 Å². The van der Waals surface area contributed by atoms with Crippen LogP contribution < -0.4 is 5.32 Å². The monoisotopic (exact) mass is 302 g/mol. The molecule has 0 saturated carbocycles. The summed E-state index contributed by atoms with van der Waals surface area (Å²) in [7, 11) is -3.13. The van der Waals surface area contributed by atoms with E-state index in [1.54, 1.807) is 4.31 Å². The molecule has 0 bridgehead atoms. The zero-order valence-electron chi connectivity index (χ0n) is 12.5. The first-order valence-electron chi connectivity index (χ1n) is 7.33. The third-order valence-corrected chi connectivity index (χ3v) is 4.84. The first-order valence-corrected chi connectivity index (χ1v) is 9.18. The maximum Gasteiger partial charge on any atom is 0.223 e. The van der Waals surface area contributed by atoms with E-state index in [0.717, 1.165) is 25.7 Å². The van der Waals surface area contributed by atoms with E-state index >= 15 is 0 Å². The number of nitrogens with one attached hydrogen (secondary N) is 1. The Morgan fingerprint density at radius 3 is 2.75 bits per heavy atom. The maximum atomic E-state index is 11.7. The molecule has 5 nitrogen and oxygen atoms in total. The molecular weight excluding hydrogens is 276 g/mol. The van der Waals surface area contributed by atoms with Gasteiger partial charge in [0, 0.05) is 25.6 Å². The minimum atomic E-state index is -3.13. The predicted molar refractivity (Wildman–Crippen MR) is 80.9 cm³/mol. The second kappa shape index (κ2) is 8.42. The molecule has 1 unspecified atom stereocenters. The molecule has 1 aliphatic heterocycles. The summed E-state index contributed by atoms with van der Waals surface area (Å²) < 4.78 is 25.0. The number of nitrogens with zero attached hydrogens (tertiary/aromatic N) is 1. The van der Waals surface area contributed by atoms with Gasteiger partial charge in [-0.1, -0.05) is 25.5 Å². The van der Waals surface area contributed by atoms with E-state index in [4.69, 9.17) is 0 Å². The van der Waals surface area contributed by atoms with Gasteiger partial charge in [-0.15, -0.1) is 0 Å². The van der Waals surface area contributed by atoms with E-state index in [1.807, 2.05) is 19.1 Å². The Hall–Kier alpha value is -0.880. The van der Waals surface area contributed by atoms with Gasteiger partial charge in [-0.2, -0.15) is 4.31 Å². The van der Waals surface area contributed by atoms with Gasteiger partial charge in [-0.3, -0.25) is 4.79 Å². The van der Waals surface area contributed by atoms with Crippen molar-refractivity contribution in [2.75, 3.05) is 19.3 Å². The smallest absolute Gasteiger partial charge is 0.223 e. The molecule has 0 aromatic rings. The van der Waals surface area contributed by atoms with Gasteiger partial charge >= 0.3 is 0 Å². The van der Waals surface area contributed by atoms with Gasteiger partial charge in [0.05, 0.1) is 6.26 Å². The van der Waals surface area contributed by atoms with Crippen molar-refractivity contribution in [3.63, 3.8) is 0 Å². The summed E-state index contributed by atoms with van der Waals surface area (Å²) in [6, 6.07) is 0.0326. The largest absolute Gasteiger partial charge is 0.356 e. The van der Waals surface area contributed by atoms with E-state index in [9.17, 15) is 13.2 Å². The fourth-order valence-corrected chi connectivity index (χ4v) is 3.72. The van der Waals surface area contributed by atoms with E-state index in [1.165, 1.54) is 6.26 Å². The predicted octanol–water partition coefficient (Wildman–Crippen LogP) is 1.66. The van der Waals surface area contributed by atoms with Crippen molar-refractivity contribution in [3.8, 4) is 0 Å². The Labute approximate surface area is 122 Å². The average Bonchev–Trinajstić information content (AvgIpc) is 2.38. The first-order chi connectivity index (χ1) is 9.45. The number of allylic oxidation sites excluding steroid dienone is 1. The van der Waals surface area contributed by atoms with E-state index < -0.39 is 10.0 Å². The van der Waals surface area contributed by atoms with Crippen LogP contribution in [0.2, 0.25) is 0 Å². The molecule has 0 radical (unpaired) electrons. The van der Waals surface area contributed by atoms with Crippen molar-refractivity contribution in [2.45, 2.75) is 51.5 Å². The Morgan fingerprint density at radius 1 is 1.35 bits per heavy atom. The van der Waals surface area contributed by atoms with Crippen LogP contribution in [0.1, 0.15) is 45.4 Å². The molecule has 1 heterocycles. The number of hydrogen-bond acceptors (Lipinski definition) is 3. The van der Waals surface area contributed by atoms with Crippen molar-refractivity contribution in [3.05, 3.63) is 12.2 Å². The molecule has 1 saturated heterocycles. The molecule has 0 aromatic carbocycles. The highest BCUT2D eigenvalue weighted by Crippen LogP contribution is 2.21. The van der Waals surface area contributed by atoms with Crippen molar-refractivity contribution in [2.24, 2.45) is 0 Å². The number of hydrogen-bond donors (Lipinski definition) is 1. The van der Waals surface area contributed by atoms with Crippen LogP contribution in [0.3, 0.4) is 0 Å². The normalized spacial score (nSPS) is 21.2. The van der Waals surface area contributed by atoms with Gasteiger partial charge in [0.25, 0.3) is 0 Å². The van der Waals surface area contributed by atoms with Crippen LogP contribution in [-0.4, -0.2) is 44.0 Å². The Bertz CT molecular complexity index is 432. The molecule has 116 valence electrons. The molecule has 1 fully saturated rings. The molecule has 1 rings (SSSR count). The SMILES string of the molecule is CC/C=C/CC(=O)NCCC1CCCCN1S(C)(=O)=O. The molecule has 20 heavy (non-hydrogen) atoms. The number of amides is 1. The number of sulfonamides is 1. The Kier molecular flexibility index (Phi) is 7.23. The van der Waals surface area contributed by atoms with Gasteiger partial charge in [-0.25, -0.2) is 8.42 Å². The molecular formula is C14H26N2O3S. The summed E-state index contributed by atoms with van der Waals surface area (Å²) in [6.07, 6.45) is 9.98. The highest BCUT2D eigenvalue weighted by Gasteiger charge is 2.28. The third kappa shape index (κ3) is 6.05. The number of carbonyl (C=O) groups excluding carboxylic acids is 1. The minimum Gasteiger partial charge on any atom is -0.356 e. The van der Waals surface area contributed by atoms with Gasteiger partial charge in [-0.05, 0) is 25.7 Å². The quantitative estimate of drug-likeness (QED) is 0.727. The lowest BCUT2D eigenvalue weighted by atomic mass is 10.0. The van der Waals surface area contributed by atoms with Gasteiger partial charge in [0.15, 0.2) is 0 Å². The Morgan fingerprint density at radius 2 is 2.10 bits per heavy atom.